The molecule has 0 fully saturated rings. The molecule has 174 valence electrons. The Labute approximate surface area is 189 Å². The topological polar surface area (TPSA) is 75.7 Å². The molecule has 0 aliphatic heterocycles. The number of halogens is 3. The molecule has 0 aliphatic rings. The van der Waals surface area contributed by atoms with Crippen LogP contribution in [0.4, 0.5) is 29.3 Å². The molecule has 1 aromatic heterocycles. The lowest BCUT2D eigenvalue weighted by atomic mass is 10.1. The molecule has 0 saturated heterocycles. The van der Waals surface area contributed by atoms with Crippen LogP contribution < -0.4 is 20.1 Å². The largest absolute Gasteiger partial charge is 0.492 e. The Hall–Kier alpha value is -3.79. The first kappa shape index (κ1) is 23.9. The average molecular weight is 460 g/mol. The Morgan fingerprint density at radius 2 is 1.73 bits per heavy atom. The van der Waals surface area contributed by atoms with Crippen molar-refractivity contribution in [2.75, 3.05) is 37.9 Å². The number of likely N-dealkylation sites (N-methyl/N-ethyl adjacent to an activating group) is 1. The lowest BCUT2D eigenvalue weighted by Gasteiger charge is -2.19. The quantitative estimate of drug-likeness (QED) is 0.466. The van der Waals surface area contributed by atoms with E-state index in [0.29, 0.717) is 23.7 Å². The minimum Gasteiger partial charge on any atom is -0.492 e. The van der Waals surface area contributed by atoms with Gasteiger partial charge in [0.2, 0.25) is 0 Å². The van der Waals surface area contributed by atoms with Gasteiger partial charge in [0.05, 0.1) is 5.69 Å². The van der Waals surface area contributed by atoms with Gasteiger partial charge in [-0.1, -0.05) is 12.1 Å². The SMILES string of the molecule is CN(C)CCOc1cccc(NC(=O)Nc2cccc(Oc3ccncc3)c2)c1C(F)(F)F. The Morgan fingerprint density at radius 1 is 1.00 bits per heavy atom. The van der Waals surface area contributed by atoms with E-state index < -0.39 is 23.5 Å². The lowest BCUT2D eigenvalue weighted by molar-refractivity contribution is -0.138. The fourth-order valence-corrected chi connectivity index (χ4v) is 2.85. The minimum absolute atomic E-state index is 0.0655. The number of carbonyl (C=O) groups is 1. The minimum atomic E-state index is -4.73. The van der Waals surface area contributed by atoms with Crippen LogP contribution in [0, 0.1) is 0 Å². The predicted octanol–water partition coefficient (Wildman–Crippen LogP) is 5.48. The first-order chi connectivity index (χ1) is 15.7. The Morgan fingerprint density at radius 3 is 2.42 bits per heavy atom. The van der Waals surface area contributed by atoms with Gasteiger partial charge in [-0.25, -0.2) is 4.79 Å². The Kier molecular flexibility index (Phi) is 7.73. The fraction of sp³-hybridized carbons (Fsp3) is 0.217. The van der Waals surface area contributed by atoms with Gasteiger partial charge in [-0.05, 0) is 50.5 Å². The van der Waals surface area contributed by atoms with E-state index in [1.807, 2.05) is 0 Å². The molecule has 10 heteroatoms. The number of nitrogens with one attached hydrogen (secondary N) is 2. The standard InChI is InChI=1S/C23H23F3N4O3/c1-30(2)13-14-32-20-8-4-7-19(21(20)23(24,25)26)29-22(31)28-16-5-3-6-18(15-16)33-17-9-11-27-12-10-17/h3-12,15H,13-14H2,1-2H3,(H2,28,29,31). The van der Waals surface area contributed by atoms with Crippen LogP contribution in [0.25, 0.3) is 0 Å². The third-order valence-electron chi connectivity index (χ3n) is 4.33. The van der Waals surface area contributed by atoms with Crippen molar-refractivity contribution < 1.29 is 27.4 Å². The van der Waals surface area contributed by atoms with E-state index in [2.05, 4.69) is 15.6 Å². The summed E-state index contributed by atoms with van der Waals surface area (Å²) in [6.07, 6.45) is -1.58. The second-order valence-electron chi connectivity index (χ2n) is 7.22. The summed E-state index contributed by atoms with van der Waals surface area (Å²) < 4.78 is 52.3. The van der Waals surface area contributed by atoms with E-state index in [1.165, 1.54) is 18.2 Å². The van der Waals surface area contributed by atoms with Crippen LogP contribution in [0.3, 0.4) is 0 Å². The van der Waals surface area contributed by atoms with Crippen LogP contribution in [-0.2, 0) is 6.18 Å². The number of benzene rings is 2. The summed E-state index contributed by atoms with van der Waals surface area (Å²) in [5.41, 5.74) is -1.12. The average Bonchev–Trinajstić information content (AvgIpc) is 2.73. The van der Waals surface area contributed by atoms with E-state index in [9.17, 15) is 18.0 Å². The molecule has 2 aromatic carbocycles. The predicted molar refractivity (Wildman–Crippen MR) is 119 cm³/mol. The van der Waals surface area contributed by atoms with Gasteiger partial charge in [0.15, 0.2) is 0 Å². The monoisotopic (exact) mass is 460 g/mol. The van der Waals surface area contributed by atoms with Crippen LogP contribution >= 0.6 is 0 Å². The van der Waals surface area contributed by atoms with Crippen molar-refractivity contribution in [1.82, 2.24) is 9.88 Å². The molecule has 2 amide bonds. The molecule has 33 heavy (non-hydrogen) atoms. The summed E-state index contributed by atoms with van der Waals surface area (Å²) in [4.78, 5) is 18.1. The van der Waals surface area contributed by atoms with Crippen LogP contribution in [0.2, 0.25) is 0 Å². The third-order valence-corrected chi connectivity index (χ3v) is 4.33. The molecule has 0 spiro atoms. The zero-order valence-electron chi connectivity index (χ0n) is 18.0. The zero-order valence-corrected chi connectivity index (χ0v) is 18.0. The van der Waals surface area contributed by atoms with Crippen molar-refractivity contribution in [3.63, 3.8) is 0 Å². The molecule has 0 radical (unpaired) electrons. The number of anilines is 2. The van der Waals surface area contributed by atoms with Gasteiger partial charge in [-0.2, -0.15) is 13.2 Å². The molecule has 3 aromatic rings. The first-order valence-corrected chi connectivity index (χ1v) is 9.96. The molecule has 1 heterocycles. The van der Waals surface area contributed by atoms with Gasteiger partial charge in [-0.3, -0.25) is 4.98 Å². The van der Waals surface area contributed by atoms with Gasteiger partial charge < -0.3 is 25.0 Å². The van der Waals surface area contributed by atoms with E-state index in [4.69, 9.17) is 9.47 Å². The van der Waals surface area contributed by atoms with Gasteiger partial charge >= 0.3 is 12.2 Å². The number of aromatic nitrogens is 1. The highest BCUT2D eigenvalue weighted by atomic mass is 19.4. The summed E-state index contributed by atoms with van der Waals surface area (Å²) in [5, 5.41) is 4.78. The number of nitrogens with zero attached hydrogens (tertiary/aromatic N) is 2. The summed E-state index contributed by atoms with van der Waals surface area (Å²) in [6.45, 7) is 0.503. The number of carbonyl (C=O) groups excluding carboxylic acids is 1. The van der Waals surface area contributed by atoms with Crippen LogP contribution in [0.1, 0.15) is 5.56 Å². The maximum atomic E-state index is 13.7. The van der Waals surface area contributed by atoms with E-state index >= 15 is 0 Å². The second kappa shape index (κ2) is 10.7. The summed E-state index contributed by atoms with van der Waals surface area (Å²) in [7, 11) is 3.57. The maximum Gasteiger partial charge on any atom is 0.421 e. The molecule has 3 rings (SSSR count). The Bertz CT molecular complexity index is 1080. The molecule has 0 bridgehead atoms. The highest BCUT2D eigenvalue weighted by Gasteiger charge is 2.37. The van der Waals surface area contributed by atoms with Crippen molar-refractivity contribution in [2.24, 2.45) is 0 Å². The smallest absolute Gasteiger partial charge is 0.421 e. The lowest BCUT2D eigenvalue weighted by Crippen LogP contribution is -2.23. The van der Waals surface area contributed by atoms with Crippen molar-refractivity contribution in [3.05, 3.63) is 72.6 Å². The highest BCUT2D eigenvalue weighted by Crippen LogP contribution is 2.41. The van der Waals surface area contributed by atoms with Crippen molar-refractivity contribution in [2.45, 2.75) is 6.18 Å². The molecule has 0 atom stereocenters. The van der Waals surface area contributed by atoms with Gasteiger partial charge in [0.25, 0.3) is 0 Å². The summed E-state index contributed by atoms with van der Waals surface area (Å²) in [5.74, 6) is 0.633. The highest BCUT2D eigenvalue weighted by molar-refractivity contribution is 6.00. The van der Waals surface area contributed by atoms with E-state index in [-0.39, 0.29) is 12.4 Å². The Balaban J connectivity index is 1.73. The number of urea groups is 1. The van der Waals surface area contributed by atoms with Crippen molar-refractivity contribution >= 4 is 17.4 Å². The molecular weight excluding hydrogens is 437 g/mol. The zero-order chi connectivity index (χ0) is 23.8. The molecule has 0 saturated carbocycles. The molecular formula is C23H23F3N4O3. The fourth-order valence-electron chi connectivity index (χ4n) is 2.85. The van der Waals surface area contributed by atoms with E-state index in [1.54, 1.807) is 67.8 Å². The molecule has 0 unspecified atom stereocenters. The molecule has 0 aliphatic carbocycles. The number of rotatable bonds is 8. The maximum absolute atomic E-state index is 13.7. The number of alkyl halides is 3. The van der Waals surface area contributed by atoms with Crippen LogP contribution in [0.5, 0.6) is 17.2 Å². The number of pyridine rings is 1. The number of amides is 2. The van der Waals surface area contributed by atoms with Gasteiger partial charge in [-0.15, -0.1) is 0 Å². The van der Waals surface area contributed by atoms with Crippen molar-refractivity contribution in [3.8, 4) is 17.2 Å². The van der Waals surface area contributed by atoms with Crippen molar-refractivity contribution in [1.29, 1.82) is 0 Å². The van der Waals surface area contributed by atoms with Crippen LogP contribution in [0.15, 0.2) is 67.0 Å². The van der Waals surface area contributed by atoms with Gasteiger partial charge in [0, 0.05) is 30.7 Å². The van der Waals surface area contributed by atoms with E-state index in [0.717, 1.165) is 0 Å². The number of ether oxygens (including phenoxy) is 2. The number of hydrogen-bond acceptors (Lipinski definition) is 5. The number of hydrogen-bond donors (Lipinski definition) is 2. The summed E-state index contributed by atoms with van der Waals surface area (Å²) in [6, 6.07) is 12.7. The molecule has 7 nitrogen and oxygen atoms in total. The third kappa shape index (κ3) is 7.11. The summed E-state index contributed by atoms with van der Waals surface area (Å²) >= 11 is 0. The van der Waals surface area contributed by atoms with Crippen LogP contribution in [-0.4, -0.2) is 43.2 Å². The van der Waals surface area contributed by atoms with Gasteiger partial charge in [0.1, 0.15) is 29.4 Å². The molecule has 2 N–H and O–H groups in total. The first-order valence-electron chi connectivity index (χ1n) is 9.96. The normalized spacial score (nSPS) is 11.2. The second-order valence-corrected chi connectivity index (χ2v) is 7.22.